The van der Waals surface area contributed by atoms with Gasteiger partial charge in [0.2, 0.25) is 0 Å². The Balaban J connectivity index is 2.10. The predicted octanol–water partition coefficient (Wildman–Crippen LogP) is 1.95. The molecule has 0 aliphatic rings. The monoisotopic (exact) mass is 242 g/mol. The minimum atomic E-state index is 0.137. The van der Waals surface area contributed by atoms with Crippen LogP contribution in [0.3, 0.4) is 0 Å². The molecule has 1 heterocycles. The van der Waals surface area contributed by atoms with Gasteiger partial charge in [0.05, 0.1) is 18.3 Å². The summed E-state index contributed by atoms with van der Waals surface area (Å²) in [6.07, 6.45) is 2.67. The van der Waals surface area contributed by atoms with Gasteiger partial charge in [-0.2, -0.15) is 0 Å². The Labute approximate surface area is 108 Å². The van der Waals surface area contributed by atoms with Crippen molar-refractivity contribution in [2.24, 2.45) is 0 Å². The highest BCUT2D eigenvalue weighted by atomic mass is 16.3. The number of pyridine rings is 1. The lowest BCUT2D eigenvalue weighted by Gasteiger charge is -2.17. The first-order chi connectivity index (χ1) is 8.90. The van der Waals surface area contributed by atoms with Crippen molar-refractivity contribution >= 4 is 0 Å². The van der Waals surface area contributed by atoms with Crippen molar-refractivity contribution in [1.82, 2.24) is 10.3 Å². The van der Waals surface area contributed by atoms with Gasteiger partial charge in [-0.25, -0.2) is 0 Å². The first-order valence-corrected chi connectivity index (χ1v) is 6.19. The Morgan fingerprint density at radius 3 is 2.50 bits per heavy atom. The maximum atomic E-state index is 8.95. The average Bonchev–Trinajstić information content (AvgIpc) is 2.45. The van der Waals surface area contributed by atoms with Crippen LogP contribution >= 0.6 is 0 Å². The fourth-order valence-corrected chi connectivity index (χ4v) is 1.95. The number of hydrogen-bond acceptors (Lipinski definition) is 3. The molecule has 0 spiro atoms. The van der Waals surface area contributed by atoms with Crippen LogP contribution in [0.1, 0.15) is 17.3 Å². The van der Waals surface area contributed by atoms with Crippen LogP contribution in [-0.2, 0) is 6.42 Å². The molecule has 0 amide bonds. The Hall–Kier alpha value is -1.71. The highest BCUT2D eigenvalue weighted by Crippen LogP contribution is 2.15. The van der Waals surface area contributed by atoms with Crippen LogP contribution in [0.4, 0.5) is 0 Å². The molecular formula is C15H18N2O. The molecule has 0 saturated heterocycles. The summed E-state index contributed by atoms with van der Waals surface area (Å²) in [6, 6.07) is 16.4. The van der Waals surface area contributed by atoms with Crippen molar-refractivity contribution in [3.8, 4) is 0 Å². The van der Waals surface area contributed by atoms with Crippen LogP contribution in [0.5, 0.6) is 0 Å². The second kappa shape index (κ2) is 6.89. The van der Waals surface area contributed by atoms with Gasteiger partial charge in [-0.05, 0) is 24.1 Å². The third kappa shape index (κ3) is 3.65. The molecule has 0 radical (unpaired) electrons. The molecule has 3 nitrogen and oxygen atoms in total. The fraction of sp³-hybridized carbons (Fsp3) is 0.267. The molecule has 3 heteroatoms. The summed E-state index contributed by atoms with van der Waals surface area (Å²) in [7, 11) is 0. The zero-order chi connectivity index (χ0) is 12.6. The van der Waals surface area contributed by atoms with Gasteiger partial charge in [0.25, 0.3) is 0 Å². The van der Waals surface area contributed by atoms with Crippen molar-refractivity contribution in [1.29, 1.82) is 0 Å². The standard InChI is InChI=1S/C15H18N2O/c18-11-10-17-15(14-8-4-5-9-16-14)12-13-6-2-1-3-7-13/h1-9,15,17-18H,10-12H2. The van der Waals surface area contributed by atoms with Gasteiger partial charge in [0.15, 0.2) is 0 Å². The van der Waals surface area contributed by atoms with Gasteiger partial charge in [0, 0.05) is 12.7 Å². The lowest BCUT2D eigenvalue weighted by atomic mass is 10.0. The SMILES string of the molecule is OCCNC(Cc1ccccc1)c1ccccn1. The van der Waals surface area contributed by atoms with Crippen LogP contribution in [0, 0.1) is 0 Å². The smallest absolute Gasteiger partial charge is 0.0576 e. The first kappa shape index (κ1) is 12.7. The number of aromatic nitrogens is 1. The van der Waals surface area contributed by atoms with Gasteiger partial charge in [-0.15, -0.1) is 0 Å². The zero-order valence-electron chi connectivity index (χ0n) is 10.3. The summed E-state index contributed by atoms with van der Waals surface area (Å²) >= 11 is 0. The molecule has 0 aliphatic carbocycles. The molecule has 1 unspecified atom stereocenters. The van der Waals surface area contributed by atoms with E-state index in [1.165, 1.54) is 5.56 Å². The van der Waals surface area contributed by atoms with Crippen molar-refractivity contribution in [3.63, 3.8) is 0 Å². The van der Waals surface area contributed by atoms with E-state index in [2.05, 4.69) is 22.4 Å². The van der Waals surface area contributed by atoms with Crippen LogP contribution in [-0.4, -0.2) is 23.2 Å². The van der Waals surface area contributed by atoms with Crippen molar-refractivity contribution < 1.29 is 5.11 Å². The Morgan fingerprint density at radius 1 is 1.06 bits per heavy atom. The summed E-state index contributed by atoms with van der Waals surface area (Å²) < 4.78 is 0. The van der Waals surface area contributed by atoms with E-state index in [1.807, 2.05) is 36.4 Å². The van der Waals surface area contributed by atoms with Gasteiger partial charge >= 0.3 is 0 Å². The number of aliphatic hydroxyl groups is 1. The Morgan fingerprint density at radius 2 is 1.83 bits per heavy atom. The molecule has 94 valence electrons. The summed E-state index contributed by atoms with van der Waals surface area (Å²) in [5.74, 6) is 0. The van der Waals surface area contributed by atoms with Crippen LogP contribution < -0.4 is 5.32 Å². The van der Waals surface area contributed by atoms with Gasteiger partial charge in [0.1, 0.15) is 0 Å². The third-order valence-corrected chi connectivity index (χ3v) is 2.83. The quantitative estimate of drug-likeness (QED) is 0.813. The van der Waals surface area contributed by atoms with Crippen molar-refractivity contribution in [2.45, 2.75) is 12.5 Å². The largest absolute Gasteiger partial charge is 0.395 e. The minimum Gasteiger partial charge on any atom is -0.395 e. The molecule has 0 fully saturated rings. The number of nitrogens with zero attached hydrogens (tertiary/aromatic N) is 1. The molecular weight excluding hydrogens is 224 g/mol. The van der Waals surface area contributed by atoms with E-state index in [9.17, 15) is 0 Å². The van der Waals surface area contributed by atoms with Crippen LogP contribution in [0.15, 0.2) is 54.7 Å². The predicted molar refractivity (Wildman–Crippen MR) is 72.2 cm³/mol. The average molecular weight is 242 g/mol. The molecule has 0 aliphatic heterocycles. The normalized spacial score (nSPS) is 12.3. The summed E-state index contributed by atoms with van der Waals surface area (Å²) in [5, 5.41) is 12.3. The lowest BCUT2D eigenvalue weighted by Crippen LogP contribution is -2.26. The van der Waals surface area contributed by atoms with Crippen LogP contribution in [0.25, 0.3) is 0 Å². The summed E-state index contributed by atoms with van der Waals surface area (Å²) in [4.78, 5) is 4.38. The van der Waals surface area contributed by atoms with E-state index >= 15 is 0 Å². The van der Waals surface area contributed by atoms with E-state index in [-0.39, 0.29) is 12.6 Å². The number of nitrogens with one attached hydrogen (secondary N) is 1. The van der Waals surface area contributed by atoms with Gasteiger partial charge < -0.3 is 10.4 Å². The molecule has 0 bridgehead atoms. The van der Waals surface area contributed by atoms with E-state index < -0.39 is 0 Å². The number of rotatable bonds is 6. The van der Waals surface area contributed by atoms with E-state index in [0.29, 0.717) is 6.54 Å². The Bertz CT molecular complexity index is 445. The second-order valence-corrected chi connectivity index (χ2v) is 4.17. The molecule has 0 saturated carbocycles. The van der Waals surface area contributed by atoms with Crippen molar-refractivity contribution in [2.75, 3.05) is 13.2 Å². The van der Waals surface area contributed by atoms with Gasteiger partial charge in [-0.1, -0.05) is 36.4 Å². The van der Waals surface area contributed by atoms with Gasteiger partial charge in [-0.3, -0.25) is 4.98 Å². The first-order valence-electron chi connectivity index (χ1n) is 6.19. The lowest BCUT2D eigenvalue weighted by molar-refractivity contribution is 0.283. The fourth-order valence-electron chi connectivity index (χ4n) is 1.95. The topological polar surface area (TPSA) is 45.1 Å². The summed E-state index contributed by atoms with van der Waals surface area (Å²) in [5.41, 5.74) is 2.27. The van der Waals surface area contributed by atoms with E-state index in [1.54, 1.807) is 6.20 Å². The third-order valence-electron chi connectivity index (χ3n) is 2.83. The molecule has 2 aromatic rings. The maximum absolute atomic E-state index is 8.95. The maximum Gasteiger partial charge on any atom is 0.0576 e. The molecule has 1 aromatic heterocycles. The molecule has 2 N–H and O–H groups in total. The molecule has 1 atom stereocenters. The molecule has 18 heavy (non-hydrogen) atoms. The zero-order valence-corrected chi connectivity index (χ0v) is 10.3. The van der Waals surface area contributed by atoms with E-state index in [0.717, 1.165) is 12.1 Å². The Kier molecular flexibility index (Phi) is 4.88. The molecule has 2 rings (SSSR count). The second-order valence-electron chi connectivity index (χ2n) is 4.17. The number of benzene rings is 1. The van der Waals surface area contributed by atoms with Crippen molar-refractivity contribution in [3.05, 3.63) is 66.0 Å². The highest BCUT2D eigenvalue weighted by Gasteiger charge is 2.12. The minimum absolute atomic E-state index is 0.137. The number of aliphatic hydroxyl groups excluding tert-OH is 1. The number of hydrogen-bond donors (Lipinski definition) is 2. The van der Waals surface area contributed by atoms with Crippen LogP contribution in [0.2, 0.25) is 0 Å². The van der Waals surface area contributed by atoms with E-state index in [4.69, 9.17) is 5.11 Å². The molecule has 1 aromatic carbocycles. The highest BCUT2D eigenvalue weighted by molar-refractivity contribution is 5.19. The summed E-state index contributed by atoms with van der Waals surface area (Å²) in [6.45, 7) is 0.714.